The van der Waals surface area contributed by atoms with Crippen LogP contribution in [0.4, 0.5) is 0 Å². The van der Waals surface area contributed by atoms with Crippen LogP contribution in [0.1, 0.15) is 22.7 Å². The lowest BCUT2D eigenvalue weighted by Crippen LogP contribution is -2.35. The van der Waals surface area contributed by atoms with E-state index in [0.29, 0.717) is 6.54 Å². The molecule has 2 N–H and O–H groups in total. The van der Waals surface area contributed by atoms with Crippen LogP contribution in [0.3, 0.4) is 0 Å². The summed E-state index contributed by atoms with van der Waals surface area (Å²) >= 11 is 3.50. The van der Waals surface area contributed by atoms with Crippen molar-refractivity contribution >= 4 is 15.9 Å². The smallest absolute Gasteiger partial charge is 0.0486 e. The van der Waals surface area contributed by atoms with E-state index in [2.05, 4.69) is 56.1 Å². The summed E-state index contributed by atoms with van der Waals surface area (Å²) in [5, 5.41) is 0. The molecule has 0 radical (unpaired) electrons. The van der Waals surface area contributed by atoms with Crippen LogP contribution >= 0.6 is 15.9 Å². The molecule has 0 spiro atoms. The first-order valence-electron chi connectivity index (χ1n) is 7.39. The van der Waals surface area contributed by atoms with E-state index in [1.165, 1.54) is 16.7 Å². The molecule has 0 saturated carbocycles. The molecule has 1 aliphatic rings. The molecule has 110 valence electrons. The van der Waals surface area contributed by atoms with Gasteiger partial charge in [-0.05, 0) is 51.5 Å². The van der Waals surface area contributed by atoms with Crippen LogP contribution in [0.25, 0.3) is 0 Å². The van der Waals surface area contributed by atoms with E-state index >= 15 is 0 Å². The number of pyridine rings is 1. The maximum Gasteiger partial charge on any atom is 0.0486 e. The quantitative estimate of drug-likeness (QED) is 0.929. The summed E-state index contributed by atoms with van der Waals surface area (Å²) in [6.07, 6.45) is 5.93. The average molecular weight is 346 g/mol. The molecular formula is C17H20BrN3. The Kier molecular flexibility index (Phi) is 4.68. The molecule has 0 bridgehead atoms. The van der Waals surface area contributed by atoms with E-state index in [1.807, 2.05) is 12.4 Å². The van der Waals surface area contributed by atoms with E-state index in [4.69, 9.17) is 5.73 Å². The molecule has 4 heteroatoms. The van der Waals surface area contributed by atoms with Crippen LogP contribution in [-0.2, 0) is 12.8 Å². The van der Waals surface area contributed by atoms with Gasteiger partial charge >= 0.3 is 0 Å². The molecule has 0 amide bonds. The molecule has 1 unspecified atom stereocenters. The largest absolute Gasteiger partial charge is 0.329 e. The Morgan fingerprint density at radius 2 is 1.81 bits per heavy atom. The lowest BCUT2D eigenvalue weighted by molar-refractivity contribution is 0.211. The molecule has 0 fully saturated rings. The standard InChI is InChI=1S/C17H20BrN3/c18-16-9-15(11-20-12-16)17(10-19)21-7-5-13-3-1-2-4-14(13)6-8-21/h1-4,9,11-12,17H,5-8,10,19H2. The molecule has 1 aromatic carbocycles. The third-order valence-corrected chi connectivity index (χ3v) is 4.66. The third kappa shape index (κ3) is 3.34. The number of halogens is 1. The summed E-state index contributed by atoms with van der Waals surface area (Å²) in [5.74, 6) is 0. The Hall–Kier alpha value is -1.23. The second kappa shape index (κ2) is 6.69. The second-order valence-electron chi connectivity index (χ2n) is 5.49. The Balaban J connectivity index is 1.80. The Bertz CT molecular complexity index is 587. The summed E-state index contributed by atoms with van der Waals surface area (Å²) in [5.41, 5.74) is 10.2. The van der Waals surface area contributed by atoms with Crippen LogP contribution in [0, 0.1) is 0 Å². The summed E-state index contributed by atoms with van der Waals surface area (Å²) in [4.78, 5) is 6.77. The molecule has 0 saturated heterocycles. The highest BCUT2D eigenvalue weighted by atomic mass is 79.9. The van der Waals surface area contributed by atoms with Gasteiger partial charge in [0.25, 0.3) is 0 Å². The van der Waals surface area contributed by atoms with Crippen molar-refractivity contribution in [3.05, 3.63) is 63.9 Å². The van der Waals surface area contributed by atoms with E-state index in [-0.39, 0.29) is 6.04 Å². The minimum Gasteiger partial charge on any atom is -0.329 e. The monoisotopic (exact) mass is 345 g/mol. The topological polar surface area (TPSA) is 42.1 Å². The van der Waals surface area contributed by atoms with Crippen molar-refractivity contribution in [2.75, 3.05) is 19.6 Å². The fraction of sp³-hybridized carbons (Fsp3) is 0.353. The Morgan fingerprint density at radius 1 is 1.14 bits per heavy atom. The molecule has 1 atom stereocenters. The van der Waals surface area contributed by atoms with Gasteiger partial charge in [0.1, 0.15) is 0 Å². The van der Waals surface area contributed by atoms with E-state index in [9.17, 15) is 0 Å². The fourth-order valence-electron chi connectivity index (χ4n) is 3.10. The summed E-state index contributed by atoms with van der Waals surface area (Å²) in [7, 11) is 0. The molecule has 0 aliphatic carbocycles. The number of hydrogen-bond donors (Lipinski definition) is 1. The van der Waals surface area contributed by atoms with Gasteiger partial charge < -0.3 is 5.73 Å². The van der Waals surface area contributed by atoms with Crippen molar-refractivity contribution in [3.8, 4) is 0 Å². The van der Waals surface area contributed by atoms with E-state index < -0.39 is 0 Å². The number of aromatic nitrogens is 1. The molecule has 3 rings (SSSR count). The summed E-state index contributed by atoms with van der Waals surface area (Å²) in [6.45, 7) is 2.71. The van der Waals surface area contributed by atoms with Gasteiger partial charge in [-0.3, -0.25) is 9.88 Å². The maximum absolute atomic E-state index is 6.06. The number of rotatable bonds is 3. The van der Waals surface area contributed by atoms with Crippen LogP contribution in [0.2, 0.25) is 0 Å². The van der Waals surface area contributed by atoms with Gasteiger partial charge in [-0.15, -0.1) is 0 Å². The van der Waals surface area contributed by atoms with Crippen LogP contribution in [-0.4, -0.2) is 29.5 Å². The molecule has 21 heavy (non-hydrogen) atoms. The predicted octanol–water partition coefficient (Wildman–Crippen LogP) is 2.94. The highest BCUT2D eigenvalue weighted by Crippen LogP contribution is 2.25. The molecular weight excluding hydrogens is 326 g/mol. The fourth-order valence-corrected chi connectivity index (χ4v) is 3.49. The first-order valence-corrected chi connectivity index (χ1v) is 8.18. The van der Waals surface area contributed by atoms with Crippen molar-refractivity contribution in [2.24, 2.45) is 5.73 Å². The van der Waals surface area contributed by atoms with Crippen molar-refractivity contribution < 1.29 is 0 Å². The summed E-state index contributed by atoms with van der Waals surface area (Å²) < 4.78 is 1.01. The number of benzene rings is 1. The average Bonchev–Trinajstić information content (AvgIpc) is 2.71. The van der Waals surface area contributed by atoms with Crippen LogP contribution < -0.4 is 5.73 Å². The molecule has 1 aliphatic heterocycles. The molecule has 3 nitrogen and oxygen atoms in total. The highest BCUT2D eigenvalue weighted by Gasteiger charge is 2.22. The van der Waals surface area contributed by atoms with Crippen molar-refractivity contribution in [2.45, 2.75) is 18.9 Å². The minimum absolute atomic E-state index is 0.240. The van der Waals surface area contributed by atoms with Crippen LogP contribution in [0.5, 0.6) is 0 Å². The lowest BCUT2D eigenvalue weighted by Gasteiger charge is -2.29. The zero-order valence-electron chi connectivity index (χ0n) is 12.0. The maximum atomic E-state index is 6.06. The SMILES string of the molecule is NCC(c1cncc(Br)c1)N1CCc2ccccc2CC1. The zero-order valence-corrected chi connectivity index (χ0v) is 13.6. The lowest BCUT2D eigenvalue weighted by atomic mass is 10.0. The highest BCUT2D eigenvalue weighted by molar-refractivity contribution is 9.10. The molecule has 1 aromatic heterocycles. The number of hydrogen-bond acceptors (Lipinski definition) is 3. The van der Waals surface area contributed by atoms with Gasteiger partial charge in [0, 0.05) is 42.5 Å². The Morgan fingerprint density at radius 3 is 2.38 bits per heavy atom. The number of nitrogens with two attached hydrogens (primary N) is 1. The minimum atomic E-state index is 0.240. The van der Waals surface area contributed by atoms with Gasteiger partial charge in [0.15, 0.2) is 0 Å². The normalized spacial score (nSPS) is 17.0. The summed E-state index contributed by atoms with van der Waals surface area (Å²) in [6, 6.07) is 11.1. The first-order chi connectivity index (χ1) is 10.3. The van der Waals surface area contributed by atoms with Gasteiger partial charge in [0.05, 0.1) is 0 Å². The van der Waals surface area contributed by atoms with Gasteiger partial charge in [0.2, 0.25) is 0 Å². The molecule has 2 heterocycles. The first kappa shape index (κ1) is 14.7. The van der Waals surface area contributed by atoms with Crippen molar-refractivity contribution in [3.63, 3.8) is 0 Å². The van der Waals surface area contributed by atoms with Gasteiger partial charge in [-0.1, -0.05) is 24.3 Å². The van der Waals surface area contributed by atoms with E-state index in [0.717, 1.165) is 30.4 Å². The Labute approximate surface area is 134 Å². The zero-order chi connectivity index (χ0) is 14.7. The molecule has 2 aromatic rings. The number of fused-ring (bicyclic) bond motifs is 1. The predicted molar refractivity (Wildman–Crippen MR) is 89.2 cm³/mol. The van der Waals surface area contributed by atoms with Crippen molar-refractivity contribution in [1.29, 1.82) is 0 Å². The third-order valence-electron chi connectivity index (χ3n) is 4.23. The second-order valence-corrected chi connectivity index (χ2v) is 6.41. The van der Waals surface area contributed by atoms with Gasteiger partial charge in [-0.25, -0.2) is 0 Å². The van der Waals surface area contributed by atoms with Crippen LogP contribution in [0.15, 0.2) is 47.2 Å². The van der Waals surface area contributed by atoms with E-state index in [1.54, 1.807) is 0 Å². The number of nitrogens with zero attached hydrogens (tertiary/aromatic N) is 2. The van der Waals surface area contributed by atoms with Crippen molar-refractivity contribution in [1.82, 2.24) is 9.88 Å². The van der Waals surface area contributed by atoms with Gasteiger partial charge in [-0.2, -0.15) is 0 Å².